The first kappa shape index (κ1) is 16.8. The van der Waals surface area contributed by atoms with Gasteiger partial charge in [0.25, 0.3) is 5.91 Å². The number of nitrogens with one attached hydrogen (secondary N) is 1. The number of rotatable bonds is 7. The first-order valence-electron chi connectivity index (χ1n) is 7.76. The highest BCUT2D eigenvalue weighted by Crippen LogP contribution is 2.28. The van der Waals surface area contributed by atoms with Crippen LogP contribution < -0.4 is 14.8 Å². The number of carbonyl (C=O) groups excluding carboxylic acids is 1. The lowest BCUT2D eigenvalue weighted by atomic mass is 10.1. The smallest absolute Gasteiger partial charge is 0.251 e. The molecule has 1 amide bonds. The van der Waals surface area contributed by atoms with Crippen LogP contribution in [0.1, 0.15) is 42.7 Å². The topological polar surface area (TPSA) is 60.5 Å². The first-order valence-corrected chi connectivity index (χ1v) is 7.76. The molecule has 2 rings (SSSR count). The fraction of sp³-hybridized carbons (Fsp3) is 0.333. The molecule has 122 valence electrons. The van der Waals surface area contributed by atoms with E-state index in [1.165, 1.54) is 0 Å². The molecule has 1 aromatic carbocycles. The minimum absolute atomic E-state index is 0.104. The van der Waals surface area contributed by atoms with E-state index in [-0.39, 0.29) is 11.9 Å². The minimum Gasteiger partial charge on any atom is -0.490 e. The van der Waals surface area contributed by atoms with E-state index >= 15 is 0 Å². The molecule has 0 aliphatic rings. The molecule has 1 aromatic heterocycles. The highest BCUT2D eigenvalue weighted by Gasteiger charge is 2.14. The molecule has 0 fully saturated rings. The van der Waals surface area contributed by atoms with E-state index in [4.69, 9.17) is 9.47 Å². The molecule has 0 bridgehead atoms. The lowest BCUT2D eigenvalue weighted by molar-refractivity contribution is 0.0939. The highest BCUT2D eigenvalue weighted by atomic mass is 16.5. The summed E-state index contributed by atoms with van der Waals surface area (Å²) < 4.78 is 11.1. The molecule has 2 aromatic rings. The van der Waals surface area contributed by atoms with E-state index in [0.717, 1.165) is 5.56 Å². The summed E-state index contributed by atoms with van der Waals surface area (Å²) in [6, 6.07) is 8.88. The molecule has 0 aliphatic heterocycles. The third-order valence-corrected chi connectivity index (χ3v) is 3.36. The van der Waals surface area contributed by atoms with Crippen LogP contribution in [0, 0.1) is 0 Å². The van der Waals surface area contributed by atoms with Crippen LogP contribution in [0.2, 0.25) is 0 Å². The second-order valence-corrected chi connectivity index (χ2v) is 5.00. The Morgan fingerprint density at radius 2 is 1.74 bits per heavy atom. The second-order valence-electron chi connectivity index (χ2n) is 5.00. The summed E-state index contributed by atoms with van der Waals surface area (Å²) in [7, 11) is 0. The fourth-order valence-corrected chi connectivity index (χ4v) is 2.21. The van der Waals surface area contributed by atoms with Gasteiger partial charge in [0, 0.05) is 18.0 Å². The van der Waals surface area contributed by atoms with Crippen molar-refractivity contribution in [3.8, 4) is 11.5 Å². The number of carbonyl (C=O) groups is 1. The molecular weight excluding hydrogens is 292 g/mol. The normalized spacial score (nSPS) is 11.6. The van der Waals surface area contributed by atoms with Gasteiger partial charge in [0.2, 0.25) is 0 Å². The molecular formula is C18H22N2O3. The molecule has 0 spiro atoms. The van der Waals surface area contributed by atoms with Crippen molar-refractivity contribution in [1.82, 2.24) is 10.3 Å². The Morgan fingerprint density at radius 3 is 2.39 bits per heavy atom. The van der Waals surface area contributed by atoms with Gasteiger partial charge in [-0.1, -0.05) is 0 Å². The molecule has 0 aliphatic carbocycles. The number of ether oxygens (including phenoxy) is 2. The summed E-state index contributed by atoms with van der Waals surface area (Å²) in [5.74, 6) is 1.07. The number of amides is 1. The molecule has 1 heterocycles. The molecule has 0 saturated heterocycles. The number of nitrogens with zero attached hydrogens (tertiary/aromatic N) is 1. The lowest BCUT2D eigenvalue weighted by Crippen LogP contribution is -2.26. The summed E-state index contributed by atoms with van der Waals surface area (Å²) in [4.78, 5) is 16.4. The molecule has 1 unspecified atom stereocenters. The Morgan fingerprint density at radius 1 is 1.09 bits per heavy atom. The van der Waals surface area contributed by atoms with E-state index in [0.29, 0.717) is 30.3 Å². The average molecular weight is 314 g/mol. The monoisotopic (exact) mass is 314 g/mol. The maximum Gasteiger partial charge on any atom is 0.251 e. The van der Waals surface area contributed by atoms with Crippen LogP contribution in [-0.4, -0.2) is 24.1 Å². The molecule has 23 heavy (non-hydrogen) atoms. The number of hydrogen-bond donors (Lipinski definition) is 1. The van der Waals surface area contributed by atoms with Crippen molar-refractivity contribution in [1.29, 1.82) is 0 Å². The first-order chi connectivity index (χ1) is 11.2. The number of hydrogen-bond acceptors (Lipinski definition) is 4. The van der Waals surface area contributed by atoms with Crippen LogP contribution in [0.3, 0.4) is 0 Å². The van der Waals surface area contributed by atoms with Crippen molar-refractivity contribution in [3.05, 3.63) is 53.9 Å². The maximum atomic E-state index is 12.4. The zero-order valence-corrected chi connectivity index (χ0v) is 13.7. The molecule has 5 nitrogen and oxygen atoms in total. The van der Waals surface area contributed by atoms with Crippen LogP contribution in [0.4, 0.5) is 0 Å². The Hall–Kier alpha value is -2.56. The Kier molecular flexibility index (Phi) is 5.97. The van der Waals surface area contributed by atoms with Crippen LogP contribution in [0.25, 0.3) is 0 Å². The molecule has 5 heteroatoms. The molecule has 0 radical (unpaired) electrons. The summed E-state index contributed by atoms with van der Waals surface area (Å²) in [6.07, 6.45) is 3.42. The van der Waals surface area contributed by atoms with E-state index in [1.807, 2.05) is 32.9 Å². The predicted molar refractivity (Wildman–Crippen MR) is 88.9 cm³/mol. The third-order valence-electron chi connectivity index (χ3n) is 3.36. The molecule has 1 N–H and O–H groups in total. The summed E-state index contributed by atoms with van der Waals surface area (Å²) in [5, 5.41) is 2.97. The van der Waals surface area contributed by atoms with Crippen LogP contribution in [0.15, 0.2) is 42.7 Å². The quantitative estimate of drug-likeness (QED) is 0.851. The van der Waals surface area contributed by atoms with Crippen LogP contribution >= 0.6 is 0 Å². The molecule has 0 saturated carbocycles. The van der Waals surface area contributed by atoms with Gasteiger partial charge in [0.1, 0.15) is 0 Å². The largest absolute Gasteiger partial charge is 0.490 e. The minimum atomic E-state index is -0.154. The van der Waals surface area contributed by atoms with Gasteiger partial charge in [-0.25, -0.2) is 0 Å². The lowest BCUT2D eigenvalue weighted by Gasteiger charge is -2.16. The number of pyridine rings is 1. The van der Waals surface area contributed by atoms with Crippen molar-refractivity contribution < 1.29 is 14.3 Å². The van der Waals surface area contributed by atoms with E-state index in [1.54, 1.807) is 30.6 Å². The molecule has 1 atom stereocenters. The summed E-state index contributed by atoms with van der Waals surface area (Å²) >= 11 is 0. The Labute approximate surface area is 136 Å². The zero-order chi connectivity index (χ0) is 16.7. The standard InChI is InChI=1S/C18H22N2O3/c1-4-22-16-7-6-15(12-17(16)23-5-2)18(21)20-13(3)14-8-10-19-11-9-14/h6-13H,4-5H2,1-3H3,(H,20,21). The van der Waals surface area contributed by atoms with Gasteiger partial charge < -0.3 is 14.8 Å². The van der Waals surface area contributed by atoms with Gasteiger partial charge in [-0.15, -0.1) is 0 Å². The van der Waals surface area contributed by atoms with Crippen LogP contribution in [-0.2, 0) is 0 Å². The Balaban J connectivity index is 2.14. The van der Waals surface area contributed by atoms with Gasteiger partial charge >= 0.3 is 0 Å². The number of benzene rings is 1. The SMILES string of the molecule is CCOc1ccc(C(=O)NC(C)c2ccncc2)cc1OCC. The third kappa shape index (κ3) is 4.45. The van der Waals surface area contributed by atoms with E-state index in [9.17, 15) is 4.79 Å². The van der Waals surface area contributed by atoms with Crippen LogP contribution in [0.5, 0.6) is 11.5 Å². The Bertz CT molecular complexity index is 644. The van der Waals surface area contributed by atoms with Crippen molar-refractivity contribution in [2.75, 3.05) is 13.2 Å². The second kappa shape index (κ2) is 8.17. The predicted octanol–water partition coefficient (Wildman–Crippen LogP) is 3.37. The summed E-state index contributed by atoms with van der Waals surface area (Å²) in [5.41, 5.74) is 1.54. The van der Waals surface area contributed by atoms with E-state index in [2.05, 4.69) is 10.3 Å². The van der Waals surface area contributed by atoms with Gasteiger partial charge in [0.15, 0.2) is 11.5 Å². The van der Waals surface area contributed by atoms with Crippen molar-refractivity contribution >= 4 is 5.91 Å². The van der Waals surface area contributed by atoms with Gasteiger partial charge in [-0.05, 0) is 56.7 Å². The number of aromatic nitrogens is 1. The van der Waals surface area contributed by atoms with Crippen molar-refractivity contribution in [3.63, 3.8) is 0 Å². The van der Waals surface area contributed by atoms with Gasteiger partial charge in [-0.2, -0.15) is 0 Å². The van der Waals surface area contributed by atoms with Gasteiger partial charge in [0.05, 0.1) is 19.3 Å². The van der Waals surface area contributed by atoms with Crippen molar-refractivity contribution in [2.45, 2.75) is 26.8 Å². The van der Waals surface area contributed by atoms with Gasteiger partial charge in [-0.3, -0.25) is 9.78 Å². The van der Waals surface area contributed by atoms with Crippen molar-refractivity contribution in [2.24, 2.45) is 0 Å². The zero-order valence-electron chi connectivity index (χ0n) is 13.7. The average Bonchev–Trinajstić information content (AvgIpc) is 2.57. The fourth-order valence-electron chi connectivity index (χ4n) is 2.21. The summed E-state index contributed by atoms with van der Waals surface area (Å²) in [6.45, 7) is 6.80. The van der Waals surface area contributed by atoms with E-state index < -0.39 is 0 Å². The maximum absolute atomic E-state index is 12.4. The highest BCUT2D eigenvalue weighted by molar-refractivity contribution is 5.95.